The van der Waals surface area contributed by atoms with Gasteiger partial charge in [0.05, 0.1) is 6.10 Å². The van der Waals surface area contributed by atoms with Gasteiger partial charge in [-0.05, 0) is 51.7 Å². The van der Waals surface area contributed by atoms with Gasteiger partial charge in [-0.3, -0.25) is 4.79 Å². The van der Waals surface area contributed by atoms with Crippen molar-refractivity contribution in [1.29, 1.82) is 0 Å². The first kappa shape index (κ1) is 16.1. The summed E-state index contributed by atoms with van der Waals surface area (Å²) in [5, 5.41) is 3.04. The highest BCUT2D eigenvalue weighted by atomic mass is 16.6. The van der Waals surface area contributed by atoms with Crippen LogP contribution in [0, 0.1) is 0 Å². The van der Waals surface area contributed by atoms with Crippen molar-refractivity contribution in [2.24, 2.45) is 0 Å². The molecule has 2 heterocycles. The third kappa shape index (κ3) is 3.96. The molecule has 1 saturated heterocycles. The summed E-state index contributed by atoms with van der Waals surface area (Å²) < 4.78 is 17.2. The molecule has 0 aliphatic carbocycles. The average molecular weight is 319 g/mol. The summed E-state index contributed by atoms with van der Waals surface area (Å²) in [6, 6.07) is 7.53. The molecule has 3 rings (SSSR count). The molecule has 0 spiro atoms. The summed E-state index contributed by atoms with van der Waals surface area (Å²) in [5.41, 5.74) is 0. The average Bonchev–Trinajstić information content (AvgIpc) is 3.05. The number of amides is 1. The fourth-order valence-corrected chi connectivity index (χ4v) is 3.11. The largest absolute Gasteiger partial charge is 0.482 e. The minimum Gasteiger partial charge on any atom is -0.482 e. The molecule has 2 aliphatic heterocycles. The number of hydrogen-bond acceptors (Lipinski definition) is 4. The van der Waals surface area contributed by atoms with Crippen molar-refractivity contribution in [2.45, 2.75) is 63.9 Å². The fraction of sp³-hybridized carbons (Fsp3) is 0.611. The van der Waals surface area contributed by atoms with Crippen LogP contribution in [0.2, 0.25) is 0 Å². The summed E-state index contributed by atoms with van der Waals surface area (Å²) in [6.45, 7) is 4.75. The molecule has 4 unspecified atom stereocenters. The van der Waals surface area contributed by atoms with E-state index in [-0.39, 0.29) is 18.1 Å². The highest BCUT2D eigenvalue weighted by Crippen LogP contribution is 2.33. The summed E-state index contributed by atoms with van der Waals surface area (Å²) in [5.74, 6) is 1.19. The maximum absolute atomic E-state index is 12.5. The molecule has 2 aliphatic rings. The Balaban J connectivity index is 1.51. The molecule has 0 aromatic heterocycles. The molecule has 5 nitrogen and oxygen atoms in total. The highest BCUT2D eigenvalue weighted by molar-refractivity contribution is 5.82. The van der Waals surface area contributed by atoms with Crippen LogP contribution in [0.15, 0.2) is 24.3 Å². The van der Waals surface area contributed by atoms with Crippen LogP contribution in [0.5, 0.6) is 11.5 Å². The first-order valence-corrected chi connectivity index (χ1v) is 8.48. The molecule has 1 fully saturated rings. The normalized spacial score (nSPS) is 27.5. The summed E-state index contributed by atoms with van der Waals surface area (Å²) >= 11 is 0. The van der Waals surface area contributed by atoms with Crippen molar-refractivity contribution in [2.75, 3.05) is 6.61 Å². The second-order valence-corrected chi connectivity index (χ2v) is 6.43. The van der Waals surface area contributed by atoms with E-state index in [1.165, 1.54) is 0 Å². The number of carbonyl (C=O) groups is 1. The van der Waals surface area contributed by atoms with Crippen molar-refractivity contribution in [3.8, 4) is 11.5 Å². The Kier molecular flexibility index (Phi) is 5.06. The van der Waals surface area contributed by atoms with Crippen molar-refractivity contribution >= 4 is 5.91 Å². The molecule has 0 saturated carbocycles. The lowest BCUT2D eigenvalue weighted by atomic mass is 10.1. The monoisotopic (exact) mass is 319 g/mol. The Morgan fingerprint density at radius 3 is 2.74 bits per heavy atom. The first-order chi connectivity index (χ1) is 11.1. The smallest absolute Gasteiger partial charge is 0.265 e. The van der Waals surface area contributed by atoms with E-state index in [9.17, 15) is 4.79 Å². The first-order valence-electron chi connectivity index (χ1n) is 8.48. The number of fused-ring (bicyclic) bond motifs is 1. The summed E-state index contributed by atoms with van der Waals surface area (Å²) in [6.07, 6.45) is 3.61. The molecule has 1 N–H and O–H groups in total. The van der Waals surface area contributed by atoms with Gasteiger partial charge in [0, 0.05) is 12.6 Å². The maximum atomic E-state index is 12.5. The van der Waals surface area contributed by atoms with E-state index < -0.39 is 6.10 Å². The van der Waals surface area contributed by atoms with E-state index in [0.29, 0.717) is 17.6 Å². The molecule has 126 valence electrons. The molecule has 5 heteroatoms. The molecule has 0 radical (unpaired) electrons. The Morgan fingerprint density at radius 2 is 2.04 bits per heavy atom. The van der Waals surface area contributed by atoms with Gasteiger partial charge in [-0.25, -0.2) is 0 Å². The fourth-order valence-electron chi connectivity index (χ4n) is 3.11. The lowest BCUT2D eigenvalue weighted by molar-refractivity contribution is -0.134. The zero-order valence-corrected chi connectivity index (χ0v) is 13.8. The van der Waals surface area contributed by atoms with Gasteiger partial charge >= 0.3 is 0 Å². The van der Waals surface area contributed by atoms with Crippen LogP contribution < -0.4 is 14.8 Å². The molecule has 4 atom stereocenters. The van der Waals surface area contributed by atoms with Gasteiger partial charge in [-0.1, -0.05) is 12.1 Å². The quantitative estimate of drug-likeness (QED) is 0.906. The van der Waals surface area contributed by atoms with Gasteiger partial charge in [0.15, 0.2) is 11.5 Å². The van der Waals surface area contributed by atoms with Gasteiger partial charge in [0.2, 0.25) is 6.10 Å². The van der Waals surface area contributed by atoms with Gasteiger partial charge < -0.3 is 19.5 Å². The van der Waals surface area contributed by atoms with Crippen LogP contribution in [-0.4, -0.2) is 36.9 Å². The number of para-hydroxylation sites is 2. The minimum atomic E-state index is -0.616. The maximum Gasteiger partial charge on any atom is 0.265 e. The van der Waals surface area contributed by atoms with E-state index in [0.717, 1.165) is 32.3 Å². The molecule has 1 aromatic carbocycles. The number of benzene rings is 1. The number of hydrogen-bond donors (Lipinski definition) is 1. The summed E-state index contributed by atoms with van der Waals surface area (Å²) in [7, 11) is 0. The van der Waals surface area contributed by atoms with Gasteiger partial charge in [-0.15, -0.1) is 0 Å². The van der Waals surface area contributed by atoms with Crippen LogP contribution in [0.25, 0.3) is 0 Å². The highest BCUT2D eigenvalue weighted by Gasteiger charge is 2.34. The number of ether oxygens (including phenoxy) is 3. The van der Waals surface area contributed by atoms with E-state index in [1.807, 2.05) is 38.1 Å². The predicted octanol–water partition coefficient (Wildman–Crippen LogP) is 2.68. The number of carbonyl (C=O) groups excluding carboxylic acids is 1. The third-order valence-electron chi connectivity index (χ3n) is 4.44. The number of rotatable bonds is 5. The lowest BCUT2D eigenvalue weighted by Gasteiger charge is -2.31. The molecule has 0 bridgehead atoms. The second-order valence-electron chi connectivity index (χ2n) is 6.43. The summed E-state index contributed by atoms with van der Waals surface area (Å²) in [4.78, 5) is 12.5. The van der Waals surface area contributed by atoms with E-state index in [4.69, 9.17) is 14.2 Å². The second kappa shape index (κ2) is 7.21. The molecule has 1 amide bonds. The van der Waals surface area contributed by atoms with Gasteiger partial charge in [0.1, 0.15) is 6.10 Å². The Labute approximate surface area is 137 Å². The Morgan fingerprint density at radius 1 is 1.30 bits per heavy atom. The van der Waals surface area contributed by atoms with Crippen LogP contribution in [0.1, 0.15) is 39.5 Å². The van der Waals surface area contributed by atoms with Crippen molar-refractivity contribution < 1.29 is 19.0 Å². The van der Waals surface area contributed by atoms with Gasteiger partial charge in [-0.2, -0.15) is 0 Å². The Bertz CT molecular complexity index is 542. The van der Waals surface area contributed by atoms with Crippen molar-refractivity contribution in [3.63, 3.8) is 0 Å². The predicted molar refractivity (Wildman–Crippen MR) is 86.8 cm³/mol. The van der Waals surface area contributed by atoms with Crippen molar-refractivity contribution in [1.82, 2.24) is 5.32 Å². The van der Waals surface area contributed by atoms with Crippen molar-refractivity contribution in [3.05, 3.63) is 24.3 Å². The van der Waals surface area contributed by atoms with Crippen LogP contribution in [0.3, 0.4) is 0 Å². The topological polar surface area (TPSA) is 56.8 Å². The zero-order chi connectivity index (χ0) is 16.2. The molecule has 1 aromatic rings. The molecule has 23 heavy (non-hydrogen) atoms. The van der Waals surface area contributed by atoms with Crippen LogP contribution in [0.4, 0.5) is 0 Å². The lowest BCUT2D eigenvalue weighted by Crippen LogP contribution is -2.51. The van der Waals surface area contributed by atoms with E-state index >= 15 is 0 Å². The SMILES string of the molecule is CC(CCC1CCCO1)NC(=O)C1Oc2ccccc2OC1C. The Hall–Kier alpha value is -1.75. The van der Waals surface area contributed by atoms with E-state index in [2.05, 4.69) is 5.32 Å². The van der Waals surface area contributed by atoms with E-state index in [1.54, 1.807) is 0 Å². The third-order valence-corrected chi connectivity index (χ3v) is 4.44. The molecular formula is C18H25NO4. The van der Waals surface area contributed by atoms with Gasteiger partial charge in [0.25, 0.3) is 5.91 Å². The number of nitrogens with one attached hydrogen (secondary N) is 1. The minimum absolute atomic E-state index is 0.0969. The van der Waals surface area contributed by atoms with Crippen LogP contribution in [-0.2, 0) is 9.53 Å². The van der Waals surface area contributed by atoms with Crippen LogP contribution >= 0.6 is 0 Å². The molecular weight excluding hydrogens is 294 g/mol. The zero-order valence-electron chi connectivity index (χ0n) is 13.8. The standard InChI is InChI=1S/C18H25NO4/c1-12(9-10-14-6-5-11-21-14)19-18(20)17-13(2)22-15-7-3-4-8-16(15)23-17/h3-4,7-8,12-14,17H,5-6,9-11H2,1-2H3,(H,19,20).